The van der Waals surface area contributed by atoms with Crippen molar-refractivity contribution in [1.82, 2.24) is 0 Å². The minimum Gasteiger partial charge on any atom is -0.399 e. The summed E-state index contributed by atoms with van der Waals surface area (Å²) in [6, 6.07) is 17.4. The van der Waals surface area contributed by atoms with Gasteiger partial charge in [0.1, 0.15) is 0 Å². The van der Waals surface area contributed by atoms with E-state index in [1.807, 2.05) is 12.1 Å². The maximum Gasteiger partial charge on any atom is 0.0372 e. The smallest absolute Gasteiger partial charge is 0.0372 e. The van der Waals surface area contributed by atoms with Gasteiger partial charge in [-0.2, -0.15) is 0 Å². The molecule has 2 N–H and O–H groups in total. The second-order valence-electron chi connectivity index (χ2n) is 5.98. The molecule has 3 aromatic rings. The van der Waals surface area contributed by atoms with E-state index < -0.39 is 0 Å². The normalized spacial score (nSPS) is 11.2. The molecule has 3 aromatic carbocycles. The third kappa shape index (κ3) is 2.87. The summed E-state index contributed by atoms with van der Waals surface area (Å²) in [6.45, 7) is 6.70. The van der Waals surface area contributed by atoms with Gasteiger partial charge in [0.15, 0.2) is 0 Å². The summed E-state index contributed by atoms with van der Waals surface area (Å²) in [6.07, 6.45) is 2.35. The molecule has 2 heteroatoms. The molecule has 22 heavy (non-hydrogen) atoms. The van der Waals surface area contributed by atoms with Crippen molar-refractivity contribution < 1.29 is 0 Å². The van der Waals surface area contributed by atoms with Gasteiger partial charge >= 0.3 is 0 Å². The first-order valence-electron chi connectivity index (χ1n) is 8.19. The van der Waals surface area contributed by atoms with E-state index in [9.17, 15) is 0 Å². The van der Waals surface area contributed by atoms with Gasteiger partial charge in [0, 0.05) is 24.5 Å². The van der Waals surface area contributed by atoms with E-state index >= 15 is 0 Å². The summed E-state index contributed by atoms with van der Waals surface area (Å²) in [5.74, 6) is 0. The van der Waals surface area contributed by atoms with Crippen molar-refractivity contribution >= 4 is 32.9 Å². The SMILES string of the molecule is CCCN(CCC)c1ccc2cc3cc(N)ccc3cc2c1. The molecule has 0 unspecified atom stereocenters. The Morgan fingerprint density at radius 2 is 1.32 bits per heavy atom. The number of hydrogen-bond acceptors (Lipinski definition) is 2. The Bertz CT molecular complexity index is 786. The molecule has 0 saturated heterocycles. The third-order valence-electron chi connectivity index (χ3n) is 4.16. The van der Waals surface area contributed by atoms with E-state index in [-0.39, 0.29) is 0 Å². The summed E-state index contributed by atoms with van der Waals surface area (Å²) in [7, 11) is 0. The van der Waals surface area contributed by atoms with Crippen molar-refractivity contribution in [2.24, 2.45) is 0 Å². The van der Waals surface area contributed by atoms with Crippen molar-refractivity contribution in [1.29, 1.82) is 0 Å². The van der Waals surface area contributed by atoms with Crippen LogP contribution in [0.1, 0.15) is 26.7 Å². The van der Waals surface area contributed by atoms with Gasteiger partial charge in [0.2, 0.25) is 0 Å². The van der Waals surface area contributed by atoms with Gasteiger partial charge in [-0.15, -0.1) is 0 Å². The first-order chi connectivity index (χ1) is 10.7. The number of nitrogens with zero attached hydrogens (tertiary/aromatic N) is 1. The van der Waals surface area contributed by atoms with Gasteiger partial charge in [-0.05, 0) is 70.8 Å². The molecule has 0 aliphatic carbocycles. The Morgan fingerprint density at radius 3 is 1.95 bits per heavy atom. The highest BCUT2D eigenvalue weighted by Gasteiger charge is 2.06. The van der Waals surface area contributed by atoms with Crippen LogP contribution in [-0.2, 0) is 0 Å². The van der Waals surface area contributed by atoms with Crippen molar-refractivity contribution in [2.45, 2.75) is 26.7 Å². The average Bonchev–Trinajstić information content (AvgIpc) is 2.52. The highest BCUT2D eigenvalue weighted by molar-refractivity contribution is 6.00. The molecule has 0 aliphatic rings. The zero-order valence-corrected chi connectivity index (χ0v) is 13.5. The molecule has 0 fully saturated rings. The zero-order valence-electron chi connectivity index (χ0n) is 13.5. The van der Waals surface area contributed by atoms with Crippen molar-refractivity contribution in [3.8, 4) is 0 Å². The minimum absolute atomic E-state index is 0.820. The average molecular weight is 292 g/mol. The molecule has 2 nitrogen and oxygen atoms in total. The molecule has 0 aliphatic heterocycles. The Morgan fingerprint density at radius 1 is 0.727 bits per heavy atom. The van der Waals surface area contributed by atoms with Gasteiger partial charge in [-0.25, -0.2) is 0 Å². The predicted molar refractivity (Wildman–Crippen MR) is 98.7 cm³/mol. The number of benzene rings is 3. The number of fused-ring (bicyclic) bond motifs is 2. The van der Waals surface area contributed by atoms with Crippen LogP contribution in [0.5, 0.6) is 0 Å². The Labute approximate surface area is 132 Å². The lowest BCUT2D eigenvalue weighted by atomic mass is 10.0. The fourth-order valence-electron chi connectivity index (χ4n) is 3.11. The first-order valence-corrected chi connectivity index (χ1v) is 8.19. The molecule has 0 aromatic heterocycles. The Balaban J connectivity index is 2.08. The Kier molecular flexibility index (Phi) is 4.19. The van der Waals surface area contributed by atoms with Crippen LogP contribution in [-0.4, -0.2) is 13.1 Å². The molecular formula is C20H24N2. The maximum atomic E-state index is 5.89. The van der Waals surface area contributed by atoms with Crippen LogP contribution in [0, 0.1) is 0 Å². The second kappa shape index (κ2) is 6.27. The molecule has 0 radical (unpaired) electrons. The van der Waals surface area contributed by atoms with Crippen molar-refractivity contribution in [3.05, 3.63) is 48.5 Å². The fourth-order valence-corrected chi connectivity index (χ4v) is 3.11. The lowest BCUT2D eigenvalue weighted by molar-refractivity contribution is 0.745. The number of nitrogens with two attached hydrogens (primary N) is 1. The molecule has 0 saturated carbocycles. The Hall–Kier alpha value is -2.22. The molecule has 0 atom stereocenters. The van der Waals surface area contributed by atoms with Crippen LogP contribution < -0.4 is 10.6 Å². The summed E-state index contributed by atoms with van der Waals surface area (Å²) < 4.78 is 0. The van der Waals surface area contributed by atoms with Gasteiger partial charge in [0.25, 0.3) is 0 Å². The number of hydrogen-bond donors (Lipinski definition) is 1. The van der Waals surface area contributed by atoms with E-state index in [0.717, 1.165) is 18.8 Å². The van der Waals surface area contributed by atoms with E-state index in [1.165, 1.54) is 40.1 Å². The summed E-state index contributed by atoms with van der Waals surface area (Å²) in [4.78, 5) is 2.48. The molecule has 0 heterocycles. The molecule has 114 valence electrons. The second-order valence-corrected chi connectivity index (χ2v) is 5.98. The molecular weight excluding hydrogens is 268 g/mol. The lowest BCUT2D eigenvalue weighted by Crippen LogP contribution is -2.24. The quantitative estimate of drug-likeness (QED) is 0.517. The standard InChI is InChI=1S/C20H24N2/c1-3-9-22(10-4-2)20-8-6-16-11-17-13-19(21)7-5-15(17)12-18(16)14-20/h5-8,11-14H,3-4,9-10,21H2,1-2H3. The van der Waals surface area contributed by atoms with Crippen LogP contribution in [0.4, 0.5) is 11.4 Å². The first kappa shape index (κ1) is 14.7. The van der Waals surface area contributed by atoms with E-state index in [4.69, 9.17) is 5.73 Å². The molecule has 3 rings (SSSR count). The van der Waals surface area contributed by atoms with Gasteiger partial charge in [0.05, 0.1) is 0 Å². The highest BCUT2D eigenvalue weighted by Crippen LogP contribution is 2.28. The topological polar surface area (TPSA) is 29.3 Å². The maximum absolute atomic E-state index is 5.89. The largest absolute Gasteiger partial charge is 0.399 e. The number of anilines is 2. The predicted octanol–water partition coefficient (Wildman–Crippen LogP) is 5.20. The zero-order chi connectivity index (χ0) is 15.5. The monoisotopic (exact) mass is 292 g/mol. The molecule has 0 spiro atoms. The lowest BCUT2D eigenvalue weighted by Gasteiger charge is -2.24. The number of rotatable bonds is 5. The van der Waals surface area contributed by atoms with Crippen LogP contribution >= 0.6 is 0 Å². The molecule has 0 amide bonds. The number of nitrogen functional groups attached to an aromatic ring is 1. The van der Waals surface area contributed by atoms with Crippen LogP contribution in [0.3, 0.4) is 0 Å². The van der Waals surface area contributed by atoms with E-state index in [2.05, 4.69) is 55.1 Å². The molecule has 0 bridgehead atoms. The summed E-state index contributed by atoms with van der Waals surface area (Å²) in [5.41, 5.74) is 8.04. The van der Waals surface area contributed by atoms with Gasteiger partial charge in [-0.1, -0.05) is 26.0 Å². The third-order valence-corrected chi connectivity index (χ3v) is 4.16. The van der Waals surface area contributed by atoms with Gasteiger partial charge < -0.3 is 10.6 Å². The summed E-state index contributed by atoms with van der Waals surface area (Å²) >= 11 is 0. The fraction of sp³-hybridized carbons (Fsp3) is 0.300. The van der Waals surface area contributed by atoms with Crippen molar-refractivity contribution in [2.75, 3.05) is 23.7 Å². The van der Waals surface area contributed by atoms with Gasteiger partial charge in [-0.3, -0.25) is 0 Å². The van der Waals surface area contributed by atoms with Crippen molar-refractivity contribution in [3.63, 3.8) is 0 Å². The minimum atomic E-state index is 0.820. The van der Waals surface area contributed by atoms with Crippen LogP contribution in [0.15, 0.2) is 48.5 Å². The highest BCUT2D eigenvalue weighted by atomic mass is 15.1. The van der Waals surface area contributed by atoms with E-state index in [1.54, 1.807) is 0 Å². The summed E-state index contributed by atoms with van der Waals surface area (Å²) in [5, 5.41) is 5.03. The van der Waals surface area contributed by atoms with Crippen LogP contribution in [0.25, 0.3) is 21.5 Å². The van der Waals surface area contributed by atoms with Crippen LogP contribution in [0.2, 0.25) is 0 Å². The van der Waals surface area contributed by atoms with E-state index in [0.29, 0.717) is 0 Å².